The van der Waals surface area contributed by atoms with Crippen LogP contribution in [0.1, 0.15) is 16.1 Å². The van der Waals surface area contributed by atoms with Gasteiger partial charge in [0.25, 0.3) is 5.91 Å². The number of alkyl halides is 3. The Bertz CT molecular complexity index is 465. The monoisotopic (exact) mass is 259 g/mol. The lowest BCUT2D eigenvalue weighted by Gasteiger charge is -2.14. The molecule has 5 nitrogen and oxygen atoms in total. The molecule has 0 radical (unpaired) electrons. The lowest BCUT2D eigenvalue weighted by Crippen LogP contribution is -2.40. The number of carbonyl (C=O) groups excluding carboxylic acids is 1. The normalized spacial score (nSPS) is 12.6. The molecule has 0 saturated carbocycles. The van der Waals surface area contributed by atoms with Crippen molar-refractivity contribution in [3.63, 3.8) is 0 Å². The van der Waals surface area contributed by atoms with Crippen molar-refractivity contribution >= 4 is 5.91 Å². The Kier molecular flexibility index (Phi) is 4.23. The largest absolute Gasteiger partial charge is 0.416 e. The highest BCUT2D eigenvalue weighted by Gasteiger charge is 2.38. The van der Waals surface area contributed by atoms with E-state index in [0.29, 0.717) is 0 Å². The second-order valence-corrected chi connectivity index (χ2v) is 3.31. The smallest absolute Gasteiger partial charge is 0.382 e. The van der Waals surface area contributed by atoms with E-state index >= 15 is 0 Å². The number of nitriles is 1. The minimum atomic E-state index is -4.79. The van der Waals surface area contributed by atoms with Crippen molar-refractivity contribution in [3.05, 3.63) is 29.6 Å². The first-order valence-corrected chi connectivity index (χ1v) is 4.73. The number of nitrogens with zero attached hydrogens (tertiary/aromatic N) is 2. The van der Waals surface area contributed by atoms with Gasteiger partial charge in [-0.05, 0) is 12.1 Å². The van der Waals surface area contributed by atoms with E-state index in [0.717, 1.165) is 6.20 Å². The highest BCUT2D eigenvalue weighted by atomic mass is 19.4. The minimum absolute atomic E-state index is 0.136. The average molecular weight is 259 g/mol. The van der Waals surface area contributed by atoms with Gasteiger partial charge < -0.3 is 10.4 Å². The van der Waals surface area contributed by atoms with Gasteiger partial charge in [-0.1, -0.05) is 0 Å². The van der Waals surface area contributed by atoms with Gasteiger partial charge in [0, 0.05) is 6.20 Å². The van der Waals surface area contributed by atoms with Crippen LogP contribution in [0.5, 0.6) is 0 Å². The molecule has 0 aliphatic heterocycles. The van der Waals surface area contributed by atoms with Crippen molar-refractivity contribution in [1.82, 2.24) is 10.3 Å². The van der Waals surface area contributed by atoms with Gasteiger partial charge in [-0.15, -0.1) is 0 Å². The summed E-state index contributed by atoms with van der Waals surface area (Å²) in [6.07, 6.45) is -6.29. The molecule has 8 heteroatoms. The molecule has 1 rings (SSSR count). The van der Waals surface area contributed by atoms with E-state index < -0.39 is 24.7 Å². The van der Waals surface area contributed by atoms with Gasteiger partial charge in [-0.3, -0.25) is 4.79 Å². The van der Waals surface area contributed by atoms with Crippen LogP contribution < -0.4 is 5.32 Å². The predicted molar refractivity (Wildman–Crippen MR) is 53.3 cm³/mol. The number of nitrogens with one attached hydrogen (secondary N) is 1. The van der Waals surface area contributed by atoms with Crippen LogP contribution in [0, 0.1) is 11.3 Å². The molecular formula is C10H8F3N3O2. The maximum Gasteiger partial charge on any atom is 0.416 e. The highest BCUT2D eigenvalue weighted by molar-refractivity contribution is 5.92. The maximum atomic E-state index is 11.9. The molecular weight excluding hydrogens is 251 g/mol. The van der Waals surface area contributed by atoms with E-state index in [-0.39, 0.29) is 11.3 Å². The second-order valence-electron chi connectivity index (χ2n) is 3.31. The summed E-state index contributed by atoms with van der Waals surface area (Å²) in [6.45, 7) is -0.954. The first kappa shape index (κ1) is 13.9. The third-order valence-electron chi connectivity index (χ3n) is 1.96. The zero-order chi connectivity index (χ0) is 13.8. The zero-order valence-electron chi connectivity index (χ0n) is 8.90. The molecule has 1 unspecified atom stereocenters. The van der Waals surface area contributed by atoms with Crippen molar-refractivity contribution in [3.8, 4) is 6.07 Å². The Balaban J connectivity index is 2.58. The molecule has 1 aromatic heterocycles. The van der Waals surface area contributed by atoms with Crippen LogP contribution >= 0.6 is 0 Å². The summed E-state index contributed by atoms with van der Waals surface area (Å²) in [4.78, 5) is 14.9. The molecule has 1 heterocycles. The van der Waals surface area contributed by atoms with Crippen molar-refractivity contribution in [2.45, 2.75) is 12.3 Å². The SMILES string of the molecule is N#Cc1ccc(C(=O)NCC(O)C(F)(F)F)nc1. The molecule has 0 aromatic carbocycles. The summed E-state index contributed by atoms with van der Waals surface area (Å²) in [7, 11) is 0. The van der Waals surface area contributed by atoms with Crippen LogP contribution in [0.15, 0.2) is 18.3 Å². The highest BCUT2D eigenvalue weighted by Crippen LogP contribution is 2.19. The van der Waals surface area contributed by atoms with Crippen LogP contribution in [0.3, 0.4) is 0 Å². The Morgan fingerprint density at radius 1 is 1.56 bits per heavy atom. The number of pyridine rings is 1. The molecule has 0 aliphatic rings. The molecule has 1 aromatic rings. The van der Waals surface area contributed by atoms with Gasteiger partial charge in [0.15, 0.2) is 6.10 Å². The van der Waals surface area contributed by atoms with Crippen LogP contribution in [0.25, 0.3) is 0 Å². The molecule has 1 atom stereocenters. The lowest BCUT2D eigenvalue weighted by molar-refractivity contribution is -0.201. The molecule has 0 bridgehead atoms. The molecule has 0 saturated heterocycles. The first-order valence-electron chi connectivity index (χ1n) is 4.73. The van der Waals surface area contributed by atoms with Gasteiger partial charge in [-0.2, -0.15) is 18.4 Å². The summed E-state index contributed by atoms with van der Waals surface area (Å²) < 4.78 is 35.8. The molecule has 0 aliphatic carbocycles. The zero-order valence-corrected chi connectivity index (χ0v) is 8.90. The fourth-order valence-electron chi connectivity index (χ4n) is 0.990. The van der Waals surface area contributed by atoms with E-state index in [9.17, 15) is 18.0 Å². The fraction of sp³-hybridized carbons (Fsp3) is 0.300. The number of halogens is 3. The van der Waals surface area contributed by atoms with Crippen molar-refractivity contribution in [2.24, 2.45) is 0 Å². The third kappa shape index (κ3) is 3.71. The summed E-state index contributed by atoms with van der Waals surface area (Å²) in [5, 5.41) is 19.0. The molecule has 96 valence electrons. The van der Waals surface area contributed by atoms with Crippen LogP contribution in [0.4, 0.5) is 13.2 Å². The Labute approximate surface area is 99.9 Å². The minimum Gasteiger partial charge on any atom is -0.382 e. The van der Waals surface area contributed by atoms with Gasteiger partial charge >= 0.3 is 6.18 Å². The Morgan fingerprint density at radius 3 is 2.67 bits per heavy atom. The van der Waals surface area contributed by atoms with Gasteiger partial charge in [0.1, 0.15) is 11.8 Å². The topological polar surface area (TPSA) is 86.0 Å². The lowest BCUT2D eigenvalue weighted by atomic mass is 10.2. The van der Waals surface area contributed by atoms with E-state index in [2.05, 4.69) is 4.98 Å². The summed E-state index contributed by atoms with van der Waals surface area (Å²) in [5.74, 6) is -0.859. The van der Waals surface area contributed by atoms with Gasteiger partial charge in [0.05, 0.1) is 12.1 Å². The Morgan fingerprint density at radius 2 is 2.22 bits per heavy atom. The van der Waals surface area contributed by atoms with Crippen LogP contribution in [0.2, 0.25) is 0 Å². The fourth-order valence-corrected chi connectivity index (χ4v) is 0.990. The van der Waals surface area contributed by atoms with Crippen LogP contribution in [-0.4, -0.2) is 34.8 Å². The number of amides is 1. The number of rotatable bonds is 3. The summed E-state index contributed by atoms with van der Waals surface area (Å²) >= 11 is 0. The second kappa shape index (κ2) is 5.46. The average Bonchev–Trinajstić information content (AvgIpc) is 2.34. The predicted octanol–water partition coefficient (Wildman–Crippen LogP) is 0.606. The quantitative estimate of drug-likeness (QED) is 0.832. The standard InChI is InChI=1S/C10H8F3N3O2/c11-10(12,13)8(17)5-16-9(18)7-2-1-6(3-14)4-15-7/h1-2,4,8,17H,5H2,(H,16,18). The maximum absolute atomic E-state index is 11.9. The van der Waals surface area contributed by atoms with E-state index in [1.165, 1.54) is 12.1 Å². The van der Waals surface area contributed by atoms with E-state index in [4.69, 9.17) is 10.4 Å². The van der Waals surface area contributed by atoms with Crippen LogP contribution in [-0.2, 0) is 0 Å². The summed E-state index contributed by atoms with van der Waals surface area (Å²) in [5.41, 5.74) is 0.0882. The van der Waals surface area contributed by atoms with Crippen molar-refractivity contribution in [1.29, 1.82) is 5.26 Å². The molecule has 0 spiro atoms. The van der Waals surface area contributed by atoms with E-state index in [1.54, 1.807) is 6.07 Å². The van der Waals surface area contributed by atoms with Crippen molar-refractivity contribution < 1.29 is 23.1 Å². The van der Waals surface area contributed by atoms with Gasteiger partial charge in [-0.25, -0.2) is 4.98 Å². The number of aliphatic hydroxyl groups excluding tert-OH is 1. The van der Waals surface area contributed by atoms with Gasteiger partial charge in [0.2, 0.25) is 0 Å². The third-order valence-corrected chi connectivity index (χ3v) is 1.96. The first-order chi connectivity index (χ1) is 8.34. The van der Waals surface area contributed by atoms with E-state index in [1.807, 2.05) is 5.32 Å². The molecule has 0 fully saturated rings. The molecule has 2 N–H and O–H groups in total. The summed E-state index contributed by atoms with van der Waals surface area (Å²) in [6, 6.07) is 4.29. The number of hydrogen-bond acceptors (Lipinski definition) is 4. The number of carbonyl (C=O) groups is 1. The number of aromatic nitrogens is 1. The van der Waals surface area contributed by atoms with Crippen molar-refractivity contribution in [2.75, 3.05) is 6.54 Å². The number of aliphatic hydroxyl groups is 1. The molecule has 18 heavy (non-hydrogen) atoms. The number of hydrogen-bond donors (Lipinski definition) is 2. The molecule has 1 amide bonds. The Hall–Kier alpha value is -2.14.